The van der Waals surface area contributed by atoms with Crippen LogP contribution in [-0.2, 0) is 9.63 Å². The summed E-state index contributed by atoms with van der Waals surface area (Å²) in [6, 6.07) is 16.7. The van der Waals surface area contributed by atoms with E-state index >= 15 is 0 Å². The van der Waals surface area contributed by atoms with Crippen molar-refractivity contribution in [3.8, 4) is 0 Å². The van der Waals surface area contributed by atoms with Crippen molar-refractivity contribution >= 4 is 56.7 Å². The summed E-state index contributed by atoms with van der Waals surface area (Å²) in [7, 11) is 0. The number of aryl methyl sites for hydroxylation is 1. The molecule has 4 rings (SSSR count). The van der Waals surface area contributed by atoms with Crippen LogP contribution >= 0.6 is 39.3 Å². The Hall–Kier alpha value is -2.36. The zero-order valence-corrected chi connectivity index (χ0v) is 17.6. The summed E-state index contributed by atoms with van der Waals surface area (Å²) in [6.45, 7) is 1.81. The molecule has 0 bridgehead atoms. The number of rotatable bonds is 5. The molecule has 3 aromatic rings. The van der Waals surface area contributed by atoms with E-state index < -0.39 is 9.63 Å². The average Bonchev–Trinajstić information content (AvgIpc) is 3.17. The average molecular weight is 479 g/mol. The van der Waals surface area contributed by atoms with E-state index in [-0.39, 0.29) is 0 Å². The number of halogens is 2. The van der Waals surface area contributed by atoms with Gasteiger partial charge in [0.25, 0.3) is 0 Å². The number of carbonyl (C=O) groups excluding carboxylic acids is 1. The number of para-hydroxylation sites is 1. The molecule has 0 saturated carbocycles. The molecule has 1 unspecified atom stereocenters. The van der Waals surface area contributed by atoms with Crippen LogP contribution in [-0.4, -0.2) is 30.2 Å². The van der Waals surface area contributed by atoms with Crippen molar-refractivity contribution < 1.29 is 9.63 Å². The molecule has 28 heavy (non-hydrogen) atoms. The molecule has 0 spiro atoms. The van der Waals surface area contributed by atoms with Crippen LogP contribution in [0, 0.1) is 6.92 Å². The van der Waals surface area contributed by atoms with Crippen LogP contribution in [0.15, 0.2) is 64.9 Å². The molecule has 1 N–H and O–H groups in total. The van der Waals surface area contributed by atoms with Crippen LogP contribution in [0.5, 0.6) is 0 Å². The highest BCUT2D eigenvalue weighted by atomic mass is 79.9. The highest BCUT2D eigenvalue weighted by Crippen LogP contribution is 2.45. The number of oxime groups is 1. The minimum absolute atomic E-state index is 0.361. The van der Waals surface area contributed by atoms with Gasteiger partial charge in [-0.15, -0.1) is 10.2 Å². The highest BCUT2D eigenvalue weighted by Gasteiger charge is 2.51. The van der Waals surface area contributed by atoms with Crippen molar-refractivity contribution in [2.24, 2.45) is 5.16 Å². The molecule has 10 heteroatoms. The molecule has 1 atom stereocenters. The third-order valence-corrected chi connectivity index (χ3v) is 6.56. The van der Waals surface area contributed by atoms with Crippen LogP contribution < -0.4 is 5.43 Å². The van der Waals surface area contributed by atoms with Gasteiger partial charge in [-0.25, -0.2) is 9.47 Å². The summed E-state index contributed by atoms with van der Waals surface area (Å²) in [5.41, 5.74) is 5.03. The number of carbonyl (C=O) groups is 1. The monoisotopic (exact) mass is 477 g/mol. The Kier molecular flexibility index (Phi) is 5.13. The van der Waals surface area contributed by atoms with E-state index in [0.717, 1.165) is 17.4 Å². The summed E-state index contributed by atoms with van der Waals surface area (Å²) in [6.07, 6.45) is 0. The number of nitrogens with one attached hydrogen (secondary N) is 1. The normalized spacial score (nSPS) is 18.7. The van der Waals surface area contributed by atoms with Gasteiger partial charge in [-0.2, -0.15) is 0 Å². The third kappa shape index (κ3) is 3.41. The van der Waals surface area contributed by atoms with Crippen LogP contribution in [0.25, 0.3) is 0 Å². The van der Waals surface area contributed by atoms with Crippen molar-refractivity contribution in [1.82, 2.24) is 14.9 Å². The summed E-state index contributed by atoms with van der Waals surface area (Å²) < 4.78 is 0.381. The Morgan fingerprint density at radius 2 is 1.86 bits per heavy atom. The summed E-state index contributed by atoms with van der Waals surface area (Å²) in [5.74, 6) is 0.0596. The molecule has 0 amide bonds. The van der Waals surface area contributed by atoms with Crippen molar-refractivity contribution in [2.45, 2.75) is 15.7 Å². The van der Waals surface area contributed by atoms with Gasteiger partial charge >= 0.3 is 5.97 Å². The summed E-state index contributed by atoms with van der Waals surface area (Å²) in [5, 5.41) is 13.2. The van der Waals surface area contributed by atoms with Gasteiger partial charge in [0.05, 0.1) is 5.69 Å². The largest absolute Gasteiger partial charge is 0.368 e. The fraction of sp³-hybridized carbons (Fsp3) is 0.111. The van der Waals surface area contributed by atoms with Gasteiger partial charge in [0.1, 0.15) is 11.5 Å². The summed E-state index contributed by atoms with van der Waals surface area (Å²) >= 11 is 10.9. The van der Waals surface area contributed by atoms with Crippen molar-refractivity contribution in [2.75, 3.05) is 5.43 Å². The second-order valence-electron chi connectivity index (χ2n) is 5.84. The molecular weight excluding hydrogens is 466 g/mol. The van der Waals surface area contributed by atoms with Crippen LogP contribution in [0.2, 0.25) is 5.02 Å². The molecule has 1 aliphatic heterocycles. The molecule has 142 valence electrons. The molecule has 0 fully saturated rings. The minimum Gasteiger partial charge on any atom is -0.315 e. The first-order chi connectivity index (χ1) is 13.5. The van der Waals surface area contributed by atoms with Gasteiger partial charge in [-0.05, 0) is 36.9 Å². The Morgan fingerprint density at radius 3 is 2.61 bits per heavy atom. The Labute approximate surface area is 178 Å². The van der Waals surface area contributed by atoms with E-state index in [1.807, 2.05) is 43.3 Å². The molecule has 0 aliphatic carbocycles. The van der Waals surface area contributed by atoms with Crippen LogP contribution in [0.4, 0.5) is 5.69 Å². The number of anilines is 1. The van der Waals surface area contributed by atoms with Gasteiger partial charge in [0.2, 0.25) is 8.81 Å². The van der Waals surface area contributed by atoms with Crippen LogP contribution in [0.1, 0.15) is 11.4 Å². The lowest BCUT2D eigenvalue weighted by Gasteiger charge is -2.20. The van der Waals surface area contributed by atoms with Crippen molar-refractivity contribution in [3.63, 3.8) is 0 Å². The fourth-order valence-corrected chi connectivity index (χ4v) is 4.56. The van der Waals surface area contributed by atoms with E-state index in [9.17, 15) is 4.79 Å². The first kappa shape index (κ1) is 19.0. The smallest absolute Gasteiger partial charge is 0.315 e. The predicted octanol–water partition coefficient (Wildman–Crippen LogP) is 4.26. The van der Waals surface area contributed by atoms with Gasteiger partial charge < -0.3 is 4.84 Å². The van der Waals surface area contributed by atoms with Gasteiger partial charge in [0.15, 0.2) is 0 Å². The predicted molar refractivity (Wildman–Crippen MR) is 112 cm³/mol. The van der Waals surface area contributed by atoms with E-state index in [0.29, 0.717) is 27.3 Å². The first-order valence-electron chi connectivity index (χ1n) is 8.16. The lowest BCUT2D eigenvalue weighted by atomic mass is 10.1. The SMILES string of the molecule is Cc1nnc(SC2(Br)C(=O)ON=C2c2ccccc2Cl)n1Nc1ccccc1. The zero-order chi connectivity index (χ0) is 19.7. The Balaban J connectivity index is 1.69. The molecule has 7 nitrogen and oxygen atoms in total. The van der Waals surface area contributed by atoms with Crippen molar-refractivity contribution in [1.29, 1.82) is 0 Å². The summed E-state index contributed by atoms with van der Waals surface area (Å²) in [4.78, 5) is 17.5. The second kappa shape index (κ2) is 7.57. The fourth-order valence-electron chi connectivity index (χ4n) is 2.57. The standard InChI is InChI=1S/C18H13BrClN5O2S/c1-11-21-22-17(25(11)23-12-7-3-2-4-8-12)28-18(19)15(24-27-16(18)26)13-9-5-6-10-14(13)20/h2-10,23H,1H3. The van der Waals surface area contributed by atoms with Gasteiger partial charge in [-0.1, -0.05) is 69.1 Å². The maximum Gasteiger partial charge on any atom is 0.368 e. The molecule has 2 heterocycles. The lowest BCUT2D eigenvalue weighted by Crippen LogP contribution is -2.34. The number of aromatic nitrogens is 3. The van der Waals surface area contributed by atoms with Gasteiger partial charge in [0, 0.05) is 10.6 Å². The number of thioether (sulfide) groups is 1. The molecule has 0 radical (unpaired) electrons. The van der Waals surface area contributed by atoms with E-state index in [1.54, 1.807) is 22.9 Å². The van der Waals surface area contributed by atoms with E-state index in [1.165, 1.54) is 0 Å². The highest BCUT2D eigenvalue weighted by molar-refractivity contribution is 9.12. The lowest BCUT2D eigenvalue weighted by molar-refractivity contribution is -0.140. The van der Waals surface area contributed by atoms with Crippen molar-refractivity contribution in [3.05, 3.63) is 71.0 Å². The molecule has 1 aromatic heterocycles. The first-order valence-corrected chi connectivity index (χ1v) is 10.1. The minimum atomic E-state index is -1.31. The maximum atomic E-state index is 12.5. The van der Waals surface area contributed by atoms with E-state index in [2.05, 4.69) is 36.7 Å². The second-order valence-corrected chi connectivity index (χ2v) is 9.14. The number of hydrogen-bond acceptors (Lipinski definition) is 7. The van der Waals surface area contributed by atoms with Gasteiger partial charge in [-0.3, -0.25) is 5.43 Å². The quantitative estimate of drug-likeness (QED) is 0.436. The maximum absolute atomic E-state index is 12.5. The zero-order valence-electron chi connectivity index (χ0n) is 14.5. The Morgan fingerprint density at radius 1 is 1.14 bits per heavy atom. The molecule has 2 aromatic carbocycles. The van der Waals surface area contributed by atoms with Crippen LogP contribution in [0.3, 0.4) is 0 Å². The third-order valence-electron chi connectivity index (χ3n) is 3.96. The molecular formula is C18H13BrClN5O2S. The molecule has 0 saturated heterocycles. The number of nitrogens with zero attached hydrogens (tertiary/aromatic N) is 4. The van der Waals surface area contributed by atoms with E-state index in [4.69, 9.17) is 16.4 Å². The number of benzene rings is 2. The Bertz CT molecular complexity index is 1070. The number of alkyl halides is 1. The number of hydrogen-bond donors (Lipinski definition) is 1. The molecule has 1 aliphatic rings. The topological polar surface area (TPSA) is 81.4 Å².